The molecule has 0 fully saturated rings. The summed E-state index contributed by atoms with van der Waals surface area (Å²) >= 11 is 0. The van der Waals surface area contributed by atoms with E-state index in [0.717, 1.165) is 4.31 Å². The first-order chi connectivity index (χ1) is 20.0. The Morgan fingerprint density at radius 1 is 0.881 bits per heavy atom. The van der Waals surface area contributed by atoms with E-state index in [0.29, 0.717) is 11.1 Å². The lowest BCUT2D eigenvalue weighted by atomic mass is 9.99. The normalized spacial score (nSPS) is 16.1. The van der Waals surface area contributed by atoms with E-state index < -0.39 is 58.1 Å². The van der Waals surface area contributed by atoms with Crippen LogP contribution in [-0.2, 0) is 35.6 Å². The van der Waals surface area contributed by atoms with E-state index in [2.05, 4.69) is 5.32 Å². The average molecular weight is 590 g/mol. The number of hydrogen-bond donors (Lipinski definition) is 2. The highest BCUT2D eigenvalue weighted by atomic mass is 32.2. The maximum atomic E-state index is 14.0. The number of rotatable bonds is 11. The summed E-state index contributed by atoms with van der Waals surface area (Å²) in [6, 6.07) is 22.4. The Labute approximate surface area is 244 Å². The zero-order chi connectivity index (χ0) is 30.4. The Hall–Kier alpha value is -4.77. The SMILES string of the molecule is CC(C)C1C(=O)N(CC(=O)N[C@@H](Cc2ccccc2)C(=O)C(=O)O)C(c2ccccc2)=CN1S(=O)(=O)c1ccccc1. The Morgan fingerprint density at radius 3 is 1.98 bits per heavy atom. The van der Waals surface area contributed by atoms with Gasteiger partial charge in [0.25, 0.3) is 21.7 Å². The van der Waals surface area contributed by atoms with Gasteiger partial charge in [-0.3, -0.25) is 23.6 Å². The number of ketones is 1. The van der Waals surface area contributed by atoms with Crippen molar-refractivity contribution in [3.8, 4) is 0 Å². The van der Waals surface area contributed by atoms with Crippen LogP contribution in [0.2, 0.25) is 0 Å². The van der Waals surface area contributed by atoms with E-state index in [9.17, 15) is 32.7 Å². The number of carboxylic acid groups (broad SMARTS) is 1. The average Bonchev–Trinajstić information content (AvgIpc) is 2.98. The smallest absolute Gasteiger partial charge is 0.374 e. The molecule has 1 heterocycles. The van der Waals surface area contributed by atoms with Crippen LogP contribution in [0.1, 0.15) is 25.0 Å². The molecule has 3 aromatic carbocycles. The number of carboxylic acids is 1. The number of hydrogen-bond acceptors (Lipinski definition) is 6. The standard InChI is InChI=1S/C31H31N3O7S/c1-21(2)28-30(37)33(20-27(35)32-25(29(36)31(38)39)18-22-12-6-3-7-13-22)26(23-14-8-4-9-15-23)19-34(28)42(40,41)24-16-10-5-11-17-24/h3-17,19,21,25,28H,18,20H2,1-2H3,(H,32,35)(H,38,39)/t25-,28?/m0/s1. The molecule has 0 aliphatic carbocycles. The molecule has 42 heavy (non-hydrogen) atoms. The number of nitrogens with one attached hydrogen (secondary N) is 1. The molecule has 2 N–H and O–H groups in total. The third-order valence-corrected chi connectivity index (χ3v) is 8.56. The van der Waals surface area contributed by atoms with Crippen LogP contribution in [0.4, 0.5) is 0 Å². The van der Waals surface area contributed by atoms with Gasteiger partial charge in [-0.05, 0) is 29.2 Å². The molecule has 0 saturated carbocycles. The summed E-state index contributed by atoms with van der Waals surface area (Å²) in [7, 11) is -4.16. The van der Waals surface area contributed by atoms with E-state index in [1.165, 1.54) is 23.2 Å². The van der Waals surface area contributed by atoms with Crippen LogP contribution in [-0.4, -0.2) is 64.9 Å². The second kappa shape index (κ2) is 12.8. The summed E-state index contributed by atoms with van der Waals surface area (Å²) in [5, 5.41) is 11.8. The molecule has 218 valence electrons. The predicted molar refractivity (Wildman–Crippen MR) is 155 cm³/mol. The molecule has 0 bridgehead atoms. The van der Waals surface area contributed by atoms with Crippen LogP contribution in [0, 0.1) is 5.92 Å². The summed E-state index contributed by atoms with van der Waals surface area (Å²) in [4.78, 5) is 52.5. The van der Waals surface area contributed by atoms with E-state index in [1.807, 2.05) is 0 Å². The minimum absolute atomic E-state index is 0.00856. The maximum Gasteiger partial charge on any atom is 0.374 e. The molecule has 2 atom stereocenters. The van der Waals surface area contributed by atoms with Crippen LogP contribution in [0.15, 0.2) is 102 Å². The van der Waals surface area contributed by atoms with Crippen molar-refractivity contribution in [2.24, 2.45) is 5.92 Å². The third kappa shape index (κ3) is 6.58. The molecular formula is C31H31N3O7S. The minimum atomic E-state index is -4.16. The van der Waals surface area contributed by atoms with Gasteiger partial charge >= 0.3 is 5.97 Å². The number of Topliss-reactive ketones (excluding diaryl/α,β-unsaturated/α-hetero) is 1. The van der Waals surface area contributed by atoms with Crippen LogP contribution >= 0.6 is 0 Å². The number of carbonyl (C=O) groups is 4. The number of carbonyl (C=O) groups excluding carboxylic acids is 3. The van der Waals surface area contributed by atoms with Gasteiger partial charge < -0.3 is 10.4 Å². The van der Waals surface area contributed by atoms with E-state index >= 15 is 0 Å². The topological polar surface area (TPSA) is 141 Å². The first kappa shape index (κ1) is 30.2. The fraction of sp³-hybridized carbons (Fsp3) is 0.226. The molecule has 4 rings (SSSR count). The molecule has 1 aliphatic rings. The van der Waals surface area contributed by atoms with Crippen molar-refractivity contribution in [1.82, 2.24) is 14.5 Å². The molecule has 0 spiro atoms. The highest BCUT2D eigenvalue weighted by Gasteiger charge is 2.44. The molecular weight excluding hydrogens is 558 g/mol. The summed E-state index contributed by atoms with van der Waals surface area (Å²) in [5.41, 5.74) is 1.28. The molecule has 0 saturated heterocycles. The molecule has 11 heteroatoms. The minimum Gasteiger partial charge on any atom is -0.475 e. The number of aliphatic carboxylic acids is 1. The number of sulfonamides is 1. The van der Waals surface area contributed by atoms with Crippen LogP contribution in [0.3, 0.4) is 0 Å². The highest BCUT2D eigenvalue weighted by molar-refractivity contribution is 7.89. The van der Waals surface area contributed by atoms with Gasteiger partial charge in [0.1, 0.15) is 18.6 Å². The Balaban J connectivity index is 1.72. The lowest BCUT2D eigenvalue weighted by Gasteiger charge is -2.41. The van der Waals surface area contributed by atoms with Crippen molar-refractivity contribution >= 4 is 39.3 Å². The van der Waals surface area contributed by atoms with Gasteiger partial charge in [-0.15, -0.1) is 0 Å². The quantitative estimate of drug-likeness (QED) is 0.328. The van der Waals surface area contributed by atoms with Crippen molar-refractivity contribution in [3.63, 3.8) is 0 Å². The van der Waals surface area contributed by atoms with Gasteiger partial charge in [0, 0.05) is 12.6 Å². The van der Waals surface area contributed by atoms with Gasteiger partial charge in [0.05, 0.1) is 10.6 Å². The van der Waals surface area contributed by atoms with Crippen molar-refractivity contribution in [3.05, 3.63) is 108 Å². The number of nitrogens with zero attached hydrogens (tertiary/aromatic N) is 2. The lowest BCUT2D eigenvalue weighted by molar-refractivity contribution is -0.150. The van der Waals surface area contributed by atoms with Gasteiger partial charge in [0.2, 0.25) is 5.91 Å². The third-order valence-electron chi connectivity index (χ3n) is 6.80. The van der Waals surface area contributed by atoms with Crippen LogP contribution in [0.25, 0.3) is 5.70 Å². The van der Waals surface area contributed by atoms with Crippen LogP contribution in [0.5, 0.6) is 0 Å². The van der Waals surface area contributed by atoms with Gasteiger partial charge in [-0.25, -0.2) is 13.2 Å². The summed E-state index contributed by atoms with van der Waals surface area (Å²) in [6.45, 7) is 2.84. The molecule has 1 unspecified atom stereocenters. The van der Waals surface area contributed by atoms with E-state index in [-0.39, 0.29) is 17.0 Å². The number of benzene rings is 3. The van der Waals surface area contributed by atoms with Gasteiger partial charge in [-0.2, -0.15) is 0 Å². The summed E-state index contributed by atoms with van der Waals surface area (Å²) in [5.74, 6) is -4.78. The highest BCUT2D eigenvalue weighted by Crippen LogP contribution is 2.33. The molecule has 10 nitrogen and oxygen atoms in total. The van der Waals surface area contributed by atoms with Gasteiger partial charge in [-0.1, -0.05) is 92.7 Å². The Bertz CT molecular complexity index is 1590. The fourth-order valence-electron chi connectivity index (χ4n) is 4.76. The monoisotopic (exact) mass is 589 g/mol. The zero-order valence-electron chi connectivity index (χ0n) is 23.1. The second-order valence-corrected chi connectivity index (χ2v) is 12.0. The molecule has 0 aromatic heterocycles. The summed E-state index contributed by atoms with van der Waals surface area (Å²) in [6.07, 6.45) is 1.28. The number of amides is 2. The summed E-state index contributed by atoms with van der Waals surface area (Å²) < 4.78 is 28.5. The van der Waals surface area contributed by atoms with Gasteiger partial charge in [0.15, 0.2) is 0 Å². The molecule has 1 aliphatic heterocycles. The van der Waals surface area contributed by atoms with Crippen molar-refractivity contribution in [1.29, 1.82) is 0 Å². The molecule has 2 amide bonds. The van der Waals surface area contributed by atoms with E-state index in [1.54, 1.807) is 92.7 Å². The Morgan fingerprint density at radius 2 is 1.43 bits per heavy atom. The zero-order valence-corrected chi connectivity index (χ0v) is 23.9. The molecule has 3 aromatic rings. The first-order valence-electron chi connectivity index (χ1n) is 13.3. The molecule has 0 radical (unpaired) electrons. The van der Waals surface area contributed by atoms with Crippen LogP contribution < -0.4 is 5.32 Å². The largest absolute Gasteiger partial charge is 0.475 e. The van der Waals surface area contributed by atoms with Crippen molar-refractivity contribution in [2.75, 3.05) is 6.54 Å². The Kier molecular flexibility index (Phi) is 9.21. The second-order valence-electron chi connectivity index (χ2n) is 10.1. The lowest BCUT2D eigenvalue weighted by Crippen LogP contribution is -2.57. The first-order valence-corrected chi connectivity index (χ1v) is 14.7. The van der Waals surface area contributed by atoms with Crippen molar-refractivity contribution < 1.29 is 32.7 Å². The van der Waals surface area contributed by atoms with E-state index in [4.69, 9.17) is 0 Å². The maximum absolute atomic E-state index is 14.0. The fourth-order valence-corrected chi connectivity index (χ4v) is 6.38. The van der Waals surface area contributed by atoms with Crippen molar-refractivity contribution in [2.45, 2.75) is 37.2 Å². The predicted octanol–water partition coefficient (Wildman–Crippen LogP) is 2.92.